The van der Waals surface area contributed by atoms with Crippen molar-refractivity contribution in [2.45, 2.75) is 11.8 Å². The van der Waals surface area contributed by atoms with Gasteiger partial charge in [0.05, 0.1) is 11.4 Å². The van der Waals surface area contributed by atoms with Crippen molar-refractivity contribution in [3.8, 4) is 0 Å². The number of halogens is 1. The predicted octanol–water partition coefficient (Wildman–Crippen LogP) is 3.77. The smallest absolute Gasteiger partial charge is 0.234 e. The summed E-state index contributed by atoms with van der Waals surface area (Å²) in [6, 6.07) is 11.6. The Kier molecular flexibility index (Phi) is 4.82. The molecule has 1 N–H and O–H groups in total. The third-order valence-electron chi connectivity index (χ3n) is 2.49. The minimum Gasteiger partial charge on any atom is -0.323 e. The van der Waals surface area contributed by atoms with Crippen LogP contribution in [-0.2, 0) is 4.79 Å². The molecule has 1 amide bonds. The molecule has 5 heteroatoms. The first-order valence-corrected chi connectivity index (χ1v) is 7.12. The minimum atomic E-state index is -0.0909. The first-order valence-electron chi connectivity index (χ1n) is 5.75. The van der Waals surface area contributed by atoms with Crippen LogP contribution < -0.4 is 5.32 Å². The zero-order chi connectivity index (χ0) is 13.7. The molecule has 0 atom stereocenters. The number of aromatic nitrogens is 1. The maximum absolute atomic E-state index is 11.9. The largest absolute Gasteiger partial charge is 0.323 e. The molecular formula is C14H13ClN2OS. The van der Waals surface area contributed by atoms with Crippen molar-refractivity contribution in [2.24, 2.45) is 0 Å². The van der Waals surface area contributed by atoms with Crippen LogP contribution in [0.1, 0.15) is 5.56 Å². The third-order valence-corrected chi connectivity index (χ3v) is 3.79. The minimum absolute atomic E-state index is 0.0909. The van der Waals surface area contributed by atoms with Crippen LogP contribution in [0, 0.1) is 6.92 Å². The second kappa shape index (κ2) is 6.59. The number of aryl methyl sites for hydroxylation is 1. The van der Waals surface area contributed by atoms with E-state index in [9.17, 15) is 4.79 Å². The first kappa shape index (κ1) is 13.9. The average molecular weight is 293 g/mol. The second-order valence-corrected chi connectivity index (χ2v) is 5.35. The molecule has 3 nitrogen and oxygen atoms in total. The molecule has 0 unspecified atom stereocenters. The van der Waals surface area contributed by atoms with Gasteiger partial charge in [-0.15, -0.1) is 11.8 Å². The molecule has 0 radical (unpaired) electrons. The Bertz CT molecular complexity index is 555. The Hall–Kier alpha value is -1.52. The van der Waals surface area contributed by atoms with Gasteiger partial charge >= 0.3 is 0 Å². The Morgan fingerprint density at radius 2 is 2.05 bits per heavy atom. The van der Waals surface area contributed by atoms with Gasteiger partial charge in [0, 0.05) is 11.1 Å². The summed E-state index contributed by atoms with van der Waals surface area (Å²) in [6.45, 7) is 1.88. The fraction of sp³-hybridized carbons (Fsp3) is 0.143. The van der Waals surface area contributed by atoms with Crippen LogP contribution >= 0.6 is 23.4 Å². The molecule has 0 saturated heterocycles. The zero-order valence-corrected chi connectivity index (χ0v) is 12.0. The number of carbonyl (C=O) groups is 1. The van der Waals surface area contributed by atoms with Crippen LogP contribution in [0.15, 0.2) is 47.5 Å². The van der Waals surface area contributed by atoms with Crippen molar-refractivity contribution in [3.05, 3.63) is 53.3 Å². The fourth-order valence-electron chi connectivity index (χ4n) is 1.52. The SMILES string of the molecule is Cc1ccnc(Cl)c1NC(=O)CSc1ccccc1. The number of nitrogens with one attached hydrogen (secondary N) is 1. The average Bonchev–Trinajstić information content (AvgIpc) is 2.42. The lowest BCUT2D eigenvalue weighted by Crippen LogP contribution is -2.15. The molecule has 0 bridgehead atoms. The van der Waals surface area contributed by atoms with Crippen molar-refractivity contribution in [2.75, 3.05) is 11.1 Å². The van der Waals surface area contributed by atoms with Crippen LogP contribution in [0.25, 0.3) is 0 Å². The summed E-state index contributed by atoms with van der Waals surface area (Å²) in [5.41, 5.74) is 1.49. The van der Waals surface area contributed by atoms with Gasteiger partial charge in [-0.1, -0.05) is 29.8 Å². The lowest BCUT2D eigenvalue weighted by Gasteiger charge is -2.09. The van der Waals surface area contributed by atoms with E-state index in [1.165, 1.54) is 11.8 Å². The predicted molar refractivity (Wildman–Crippen MR) is 79.8 cm³/mol. The number of benzene rings is 1. The highest BCUT2D eigenvalue weighted by molar-refractivity contribution is 8.00. The number of nitrogens with zero attached hydrogens (tertiary/aromatic N) is 1. The Balaban J connectivity index is 1.95. The summed E-state index contributed by atoms with van der Waals surface area (Å²) in [5.74, 6) is 0.251. The molecule has 19 heavy (non-hydrogen) atoms. The standard InChI is InChI=1S/C14H13ClN2OS/c1-10-7-8-16-14(15)13(10)17-12(18)9-19-11-5-3-2-4-6-11/h2-8H,9H2,1H3,(H,17,18). The topological polar surface area (TPSA) is 42.0 Å². The van der Waals surface area contributed by atoms with Gasteiger partial charge < -0.3 is 5.32 Å². The number of carbonyl (C=O) groups excluding carboxylic acids is 1. The van der Waals surface area contributed by atoms with Crippen LogP contribution in [0.4, 0.5) is 5.69 Å². The number of hydrogen-bond acceptors (Lipinski definition) is 3. The number of rotatable bonds is 4. The van der Waals surface area contributed by atoms with E-state index in [1.807, 2.05) is 43.3 Å². The van der Waals surface area contributed by atoms with E-state index in [0.717, 1.165) is 10.5 Å². The molecular weight excluding hydrogens is 280 g/mol. The van der Waals surface area contributed by atoms with Crippen LogP contribution in [-0.4, -0.2) is 16.6 Å². The van der Waals surface area contributed by atoms with E-state index in [-0.39, 0.29) is 5.91 Å². The van der Waals surface area contributed by atoms with Gasteiger partial charge in [-0.3, -0.25) is 4.79 Å². The summed E-state index contributed by atoms with van der Waals surface area (Å²) < 4.78 is 0. The van der Waals surface area contributed by atoms with Crippen molar-refractivity contribution in [3.63, 3.8) is 0 Å². The normalized spacial score (nSPS) is 10.2. The highest BCUT2D eigenvalue weighted by Gasteiger charge is 2.09. The van der Waals surface area contributed by atoms with Gasteiger partial charge in [0.1, 0.15) is 0 Å². The highest BCUT2D eigenvalue weighted by atomic mass is 35.5. The van der Waals surface area contributed by atoms with Gasteiger partial charge in [-0.25, -0.2) is 4.98 Å². The maximum atomic E-state index is 11.9. The Morgan fingerprint density at radius 3 is 2.74 bits per heavy atom. The molecule has 0 aliphatic rings. The molecule has 1 heterocycles. The van der Waals surface area contributed by atoms with Gasteiger partial charge in [0.2, 0.25) is 5.91 Å². The lowest BCUT2D eigenvalue weighted by molar-refractivity contribution is -0.113. The van der Waals surface area contributed by atoms with E-state index in [0.29, 0.717) is 16.6 Å². The van der Waals surface area contributed by atoms with Crippen LogP contribution in [0.3, 0.4) is 0 Å². The van der Waals surface area contributed by atoms with E-state index in [1.54, 1.807) is 6.20 Å². The number of hydrogen-bond donors (Lipinski definition) is 1. The van der Waals surface area contributed by atoms with Crippen LogP contribution in [0.2, 0.25) is 5.15 Å². The molecule has 0 fully saturated rings. The molecule has 0 aliphatic carbocycles. The number of thioether (sulfide) groups is 1. The quantitative estimate of drug-likeness (QED) is 0.689. The van der Waals surface area contributed by atoms with Crippen molar-refractivity contribution in [1.29, 1.82) is 0 Å². The van der Waals surface area contributed by atoms with Gasteiger partial charge in [-0.2, -0.15) is 0 Å². The van der Waals surface area contributed by atoms with Crippen molar-refractivity contribution < 1.29 is 4.79 Å². The first-order chi connectivity index (χ1) is 9.16. The van der Waals surface area contributed by atoms with Crippen LogP contribution in [0.5, 0.6) is 0 Å². The van der Waals surface area contributed by atoms with Crippen molar-refractivity contribution >= 4 is 35.0 Å². The monoisotopic (exact) mass is 292 g/mol. The van der Waals surface area contributed by atoms with Crippen molar-refractivity contribution in [1.82, 2.24) is 4.98 Å². The van der Waals surface area contributed by atoms with Gasteiger partial charge in [0.25, 0.3) is 0 Å². The number of anilines is 1. The fourth-order valence-corrected chi connectivity index (χ4v) is 2.49. The summed E-state index contributed by atoms with van der Waals surface area (Å²) in [6.07, 6.45) is 1.62. The second-order valence-electron chi connectivity index (χ2n) is 3.94. The molecule has 1 aromatic heterocycles. The van der Waals surface area contributed by atoms with Gasteiger partial charge in [-0.05, 0) is 30.7 Å². The molecule has 0 spiro atoms. The third kappa shape index (κ3) is 3.98. The van der Waals surface area contributed by atoms with E-state index in [2.05, 4.69) is 10.3 Å². The Morgan fingerprint density at radius 1 is 1.32 bits per heavy atom. The molecule has 98 valence electrons. The summed E-state index contributed by atoms with van der Waals surface area (Å²) in [5, 5.41) is 3.11. The number of pyridine rings is 1. The molecule has 0 saturated carbocycles. The molecule has 2 aromatic rings. The molecule has 0 aliphatic heterocycles. The lowest BCUT2D eigenvalue weighted by atomic mass is 10.2. The summed E-state index contributed by atoms with van der Waals surface area (Å²) in [7, 11) is 0. The molecule has 2 rings (SSSR count). The van der Waals surface area contributed by atoms with E-state index in [4.69, 9.17) is 11.6 Å². The zero-order valence-electron chi connectivity index (χ0n) is 10.4. The highest BCUT2D eigenvalue weighted by Crippen LogP contribution is 2.23. The summed E-state index contributed by atoms with van der Waals surface area (Å²) >= 11 is 7.44. The number of amides is 1. The summed E-state index contributed by atoms with van der Waals surface area (Å²) in [4.78, 5) is 16.9. The van der Waals surface area contributed by atoms with E-state index < -0.39 is 0 Å². The van der Waals surface area contributed by atoms with Gasteiger partial charge in [0.15, 0.2) is 5.15 Å². The Labute approximate surface area is 121 Å². The molecule has 1 aromatic carbocycles. The van der Waals surface area contributed by atoms with E-state index >= 15 is 0 Å². The maximum Gasteiger partial charge on any atom is 0.234 e.